The van der Waals surface area contributed by atoms with Gasteiger partial charge < -0.3 is 4.57 Å². The molecule has 1 fully saturated rings. The average molecular weight is 211 g/mol. The van der Waals surface area contributed by atoms with Gasteiger partial charge in [0, 0.05) is 12.5 Å². The molecule has 0 amide bonds. The van der Waals surface area contributed by atoms with Gasteiger partial charge in [0.15, 0.2) is 0 Å². The van der Waals surface area contributed by atoms with E-state index in [1.807, 2.05) is 18.2 Å². The maximum absolute atomic E-state index is 8.87. The lowest BCUT2D eigenvalue weighted by molar-refractivity contribution is 0.720. The number of hydrogen-bond donors (Lipinski definition) is 0. The van der Waals surface area contributed by atoms with Crippen molar-refractivity contribution in [2.45, 2.75) is 32.2 Å². The summed E-state index contributed by atoms with van der Waals surface area (Å²) in [5.41, 5.74) is 2.81. The molecule has 1 aromatic carbocycles. The lowest BCUT2D eigenvalue weighted by Crippen LogP contribution is -1.99. The summed E-state index contributed by atoms with van der Waals surface area (Å²) in [6.07, 6.45) is 2.52. The molecule has 0 bridgehead atoms. The normalized spacial score (nSPS) is 15.2. The zero-order valence-electron chi connectivity index (χ0n) is 9.27. The molecule has 0 atom stereocenters. The van der Waals surface area contributed by atoms with Gasteiger partial charge in [0.25, 0.3) is 0 Å². The third-order valence-electron chi connectivity index (χ3n) is 3.17. The van der Waals surface area contributed by atoms with Gasteiger partial charge in [0.05, 0.1) is 22.7 Å². The second-order valence-corrected chi connectivity index (χ2v) is 4.30. The van der Waals surface area contributed by atoms with Crippen LogP contribution >= 0.6 is 0 Å². The summed E-state index contributed by atoms with van der Waals surface area (Å²) in [6, 6.07) is 7.92. The van der Waals surface area contributed by atoms with Crippen molar-refractivity contribution in [3.63, 3.8) is 0 Å². The number of aromatic nitrogens is 2. The van der Waals surface area contributed by atoms with Crippen LogP contribution in [0.2, 0.25) is 0 Å². The summed E-state index contributed by atoms with van der Waals surface area (Å²) in [5, 5.41) is 8.87. The Labute approximate surface area is 94.3 Å². The van der Waals surface area contributed by atoms with E-state index in [9.17, 15) is 0 Å². The first-order valence-corrected chi connectivity index (χ1v) is 5.73. The minimum atomic E-state index is 0.651. The molecule has 1 saturated carbocycles. The third-order valence-corrected chi connectivity index (χ3v) is 3.17. The van der Waals surface area contributed by atoms with Crippen molar-refractivity contribution in [1.29, 1.82) is 5.26 Å². The number of nitrogens with zero attached hydrogens (tertiary/aromatic N) is 3. The Morgan fingerprint density at radius 2 is 2.31 bits per heavy atom. The van der Waals surface area contributed by atoms with Gasteiger partial charge in [-0.2, -0.15) is 5.26 Å². The van der Waals surface area contributed by atoms with Crippen LogP contribution in [0.3, 0.4) is 0 Å². The third kappa shape index (κ3) is 1.30. The molecule has 0 aliphatic heterocycles. The summed E-state index contributed by atoms with van der Waals surface area (Å²) in [4.78, 5) is 4.67. The van der Waals surface area contributed by atoms with E-state index in [-0.39, 0.29) is 0 Å². The minimum Gasteiger partial charge on any atom is -0.328 e. The SMILES string of the molecule is CCn1c(C2CC2)nc2cc(C#N)ccc21. The van der Waals surface area contributed by atoms with Crippen molar-refractivity contribution < 1.29 is 0 Å². The van der Waals surface area contributed by atoms with Gasteiger partial charge in [0.2, 0.25) is 0 Å². The molecule has 0 radical (unpaired) electrons. The highest BCUT2D eigenvalue weighted by Gasteiger charge is 2.29. The Bertz CT molecular complexity index is 585. The largest absolute Gasteiger partial charge is 0.328 e. The van der Waals surface area contributed by atoms with Crippen molar-refractivity contribution >= 4 is 11.0 Å². The predicted octanol–water partition coefficient (Wildman–Crippen LogP) is 2.81. The van der Waals surface area contributed by atoms with E-state index >= 15 is 0 Å². The van der Waals surface area contributed by atoms with Gasteiger partial charge in [-0.15, -0.1) is 0 Å². The maximum Gasteiger partial charge on any atom is 0.112 e. The van der Waals surface area contributed by atoms with E-state index in [0.29, 0.717) is 11.5 Å². The topological polar surface area (TPSA) is 41.6 Å². The quantitative estimate of drug-likeness (QED) is 0.766. The van der Waals surface area contributed by atoms with Gasteiger partial charge in [-0.05, 0) is 38.0 Å². The Morgan fingerprint density at radius 1 is 1.50 bits per heavy atom. The van der Waals surface area contributed by atoms with E-state index < -0.39 is 0 Å². The molecule has 0 saturated heterocycles. The zero-order valence-corrected chi connectivity index (χ0v) is 9.27. The maximum atomic E-state index is 8.87. The summed E-state index contributed by atoms with van der Waals surface area (Å²) in [7, 11) is 0. The Balaban J connectivity index is 2.25. The summed E-state index contributed by atoms with van der Waals surface area (Å²) >= 11 is 0. The highest BCUT2D eigenvalue weighted by molar-refractivity contribution is 5.78. The predicted molar refractivity (Wildman–Crippen MR) is 62.1 cm³/mol. The first kappa shape index (κ1) is 9.41. The van der Waals surface area contributed by atoms with Crippen LogP contribution in [0.15, 0.2) is 18.2 Å². The molecule has 2 aromatic rings. The smallest absolute Gasteiger partial charge is 0.112 e. The lowest BCUT2D eigenvalue weighted by Gasteiger charge is -2.03. The first-order chi connectivity index (χ1) is 7.83. The van der Waals surface area contributed by atoms with Crippen LogP contribution < -0.4 is 0 Å². The highest BCUT2D eigenvalue weighted by atomic mass is 15.1. The second kappa shape index (κ2) is 3.34. The van der Waals surface area contributed by atoms with E-state index in [0.717, 1.165) is 17.6 Å². The van der Waals surface area contributed by atoms with Crippen LogP contribution in [0, 0.1) is 11.3 Å². The number of aryl methyl sites for hydroxylation is 1. The van der Waals surface area contributed by atoms with Crippen LogP contribution in [0.25, 0.3) is 11.0 Å². The van der Waals surface area contributed by atoms with Crippen molar-refractivity contribution in [1.82, 2.24) is 9.55 Å². The molecule has 1 aliphatic rings. The molecule has 16 heavy (non-hydrogen) atoms. The zero-order chi connectivity index (χ0) is 11.1. The van der Waals surface area contributed by atoms with Crippen LogP contribution in [0.1, 0.15) is 37.1 Å². The van der Waals surface area contributed by atoms with Crippen LogP contribution in [-0.4, -0.2) is 9.55 Å². The molecule has 0 N–H and O–H groups in total. The molecule has 0 unspecified atom stereocenters. The van der Waals surface area contributed by atoms with Gasteiger partial charge in [-0.1, -0.05) is 0 Å². The molecule has 3 heteroatoms. The molecule has 3 rings (SSSR count). The van der Waals surface area contributed by atoms with Crippen molar-refractivity contribution in [3.05, 3.63) is 29.6 Å². The van der Waals surface area contributed by atoms with Gasteiger partial charge >= 0.3 is 0 Å². The molecule has 0 spiro atoms. The minimum absolute atomic E-state index is 0.651. The van der Waals surface area contributed by atoms with E-state index in [1.165, 1.54) is 18.7 Å². The highest BCUT2D eigenvalue weighted by Crippen LogP contribution is 2.40. The van der Waals surface area contributed by atoms with E-state index in [1.54, 1.807) is 0 Å². The van der Waals surface area contributed by atoms with E-state index in [2.05, 4.69) is 22.5 Å². The number of nitriles is 1. The number of imidazole rings is 1. The number of rotatable bonds is 2. The Kier molecular flexibility index (Phi) is 1.97. The summed E-state index contributed by atoms with van der Waals surface area (Å²) in [5.74, 6) is 1.85. The van der Waals surface area contributed by atoms with E-state index in [4.69, 9.17) is 5.26 Å². The van der Waals surface area contributed by atoms with Gasteiger partial charge in [-0.3, -0.25) is 0 Å². The van der Waals surface area contributed by atoms with Crippen LogP contribution in [-0.2, 0) is 6.54 Å². The molecular weight excluding hydrogens is 198 g/mol. The van der Waals surface area contributed by atoms with Crippen LogP contribution in [0.4, 0.5) is 0 Å². The van der Waals surface area contributed by atoms with Crippen molar-refractivity contribution in [2.24, 2.45) is 0 Å². The monoisotopic (exact) mass is 211 g/mol. The molecule has 80 valence electrons. The Morgan fingerprint density at radius 3 is 2.94 bits per heavy atom. The van der Waals surface area contributed by atoms with Gasteiger partial charge in [-0.25, -0.2) is 4.98 Å². The summed E-state index contributed by atoms with van der Waals surface area (Å²) in [6.45, 7) is 3.10. The lowest BCUT2D eigenvalue weighted by atomic mass is 10.2. The van der Waals surface area contributed by atoms with Crippen LogP contribution in [0.5, 0.6) is 0 Å². The molecule has 1 heterocycles. The molecule has 1 aromatic heterocycles. The average Bonchev–Trinajstić information content (AvgIpc) is 3.09. The summed E-state index contributed by atoms with van der Waals surface area (Å²) < 4.78 is 2.27. The fraction of sp³-hybridized carbons (Fsp3) is 0.385. The molecular formula is C13H13N3. The number of fused-ring (bicyclic) bond motifs is 1. The first-order valence-electron chi connectivity index (χ1n) is 5.73. The standard InChI is InChI=1S/C13H13N3/c1-2-16-12-6-3-9(8-14)7-11(12)15-13(16)10-4-5-10/h3,6-7,10H,2,4-5H2,1H3. The number of benzene rings is 1. The fourth-order valence-corrected chi connectivity index (χ4v) is 2.20. The van der Waals surface area contributed by atoms with Crippen molar-refractivity contribution in [3.8, 4) is 6.07 Å². The Hall–Kier alpha value is -1.82. The molecule has 3 nitrogen and oxygen atoms in total. The van der Waals surface area contributed by atoms with Gasteiger partial charge in [0.1, 0.15) is 5.82 Å². The molecule has 1 aliphatic carbocycles. The second-order valence-electron chi connectivity index (χ2n) is 4.30. The fourth-order valence-electron chi connectivity index (χ4n) is 2.20. The van der Waals surface area contributed by atoms with Crippen molar-refractivity contribution in [2.75, 3.05) is 0 Å². The number of hydrogen-bond acceptors (Lipinski definition) is 2.